The molecule has 0 aromatic rings. The Kier molecular flexibility index (Phi) is 13.0. The van der Waals surface area contributed by atoms with E-state index in [4.69, 9.17) is 11.6 Å². The molecule has 0 saturated heterocycles. The first-order chi connectivity index (χ1) is 8.18. The molecule has 1 heteroatoms. The first kappa shape index (κ1) is 17.3. The van der Waals surface area contributed by atoms with E-state index in [1.807, 2.05) is 0 Å². The summed E-state index contributed by atoms with van der Waals surface area (Å²) in [6, 6.07) is 0. The van der Waals surface area contributed by atoms with Gasteiger partial charge in [0.1, 0.15) is 0 Å². The predicted octanol–water partition coefficient (Wildman–Crippen LogP) is 6.42. The summed E-state index contributed by atoms with van der Waals surface area (Å²) in [7, 11) is 0. The van der Waals surface area contributed by atoms with Gasteiger partial charge in [-0.3, -0.25) is 0 Å². The third-order valence-electron chi connectivity index (χ3n) is 3.93. The lowest BCUT2D eigenvalue weighted by molar-refractivity contribution is 0.374. The smallest absolute Gasteiger partial charge is 0.0223 e. The van der Waals surface area contributed by atoms with Crippen LogP contribution in [0.1, 0.15) is 85.0 Å². The first-order valence-electron chi connectivity index (χ1n) is 7.74. The van der Waals surface area contributed by atoms with E-state index in [1.54, 1.807) is 0 Å². The lowest BCUT2D eigenvalue weighted by atomic mass is 9.92. The molecule has 0 spiro atoms. The molecular formula is C16H33Cl. The van der Waals surface area contributed by atoms with Crippen molar-refractivity contribution in [3.8, 4) is 0 Å². The van der Waals surface area contributed by atoms with Crippen LogP contribution in [0.15, 0.2) is 0 Å². The molecule has 0 fully saturated rings. The Morgan fingerprint density at radius 2 is 1.06 bits per heavy atom. The van der Waals surface area contributed by atoms with Crippen LogP contribution in [0.5, 0.6) is 0 Å². The van der Waals surface area contributed by atoms with Crippen molar-refractivity contribution in [2.75, 3.05) is 5.88 Å². The van der Waals surface area contributed by atoms with Crippen LogP contribution in [0.2, 0.25) is 0 Å². The number of alkyl halides is 1. The Labute approximate surface area is 115 Å². The molecule has 0 aromatic carbocycles. The maximum absolute atomic E-state index is 5.65. The zero-order chi connectivity index (χ0) is 12.9. The molecule has 0 nitrogen and oxygen atoms in total. The largest absolute Gasteiger partial charge is 0.127 e. The summed E-state index contributed by atoms with van der Waals surface area (Å²) in [4.78, 5) is 0. The number of hydrogen-bond acceptors (Lipinski definition) is 0. The van der Waals surface area contributed by atoms with Crippen LogP contribution in [0, 0.1) is 11.8 Å². The van der Waals surface area contributed by atoms with E-state index in [0.717, 1.165) is 17.7 Å². The van der Waals surface area contributed by atoms with Crippen molar-refractivity contribution < 1.29 is 0 Å². The zero-order valence-corrected chi connectivity index (χ0v) is 13.1. The molecule has 0 aromatic heterocycles. The van der Waals surface area contributed by atoms with E-state index in [1.165, 1.54) is 64.2 Å². The fraction of sp³-hybridized carbons (Fsp3) is 1.00. The molecule has 0 rings (SSSR count). The van der Waals surface area contributed by atoms with Gasteiger partial charge in [-0.25, -0.2) is 0 Å². The van der Waals surface area contributed by atoms with Gasteiger partial charge >= 0.3 is 0 Å². The second-order valence-electron chi connectivity index (χ2n) is 5.88. The number of hydrogen-bond donors (Lipinski definition) is 0. The molecule has 0 amide bonds. The van der Waals surface area contributed by atoms with E-state index in [2.05, 4.69) is 20.8 Å². The first-order valence-corrected chi connectivity index (χ1v) is 8.28. The van der Waals surface area contributed by atoms with Crippen LogP contribution in [-0.2, 0) is 0 Å². The van der Waals surface area contributed by atoms with Crippen molar-refractivity contribution in [3.63, 3.8) is 0 Å². The standard InChI is InChI=1S/C16H33Cl/c1-15(2)16(3)13-11-9-7-5-4-6-8-10-12-14-17/h15-16H,4-14H2,1-3H3. The van der Waals surface area contributed by atoms with Gasteiger partial charge in [0.05, 0.1) is 0 Å². The second-order valence-corrected chi connectivity index (χ2v) is 6.26. The Balaban J connectivity index is 3.03. The molecule has 1 atom stereocenters. The SMILES string of the molecule is CC(C)C(C)CCCCCCCCCCCCl. The van der Waals surface area contributed by atoms with Gasteiger partial charge in [0, 0.05) is 5.88 Å². The van der Waals surface area contributed by atoms with Crippen LogP contribution >= 0.6 is 11.6 Å². The number of unbranched alkanes of at least 4 members (excludes halogenated alkanes) is 8. The summed E-state index contributed by atoms with van der Waals surface area (Å²) in [6.07, 6.45) is 14.0. The van der Waals surface area contributed by atoms with E-state index >= 15 is 0 Å². The minimum Gasteiger partial charge on any atom is -0.127 e. The van der Waals surface area contributed by atoms with Crippen LogP contribution in [0.25, 0.3) is 0 Å². The summed E-state index contributed by atoms with van der Waals surface area (Å²) in [5, 5.41) is 0. The van der Waals surface area contributed by atoms with E-state index in [9.17, 15) is 0 Å². The number of halogens is 1. The Hall–Kier alpha value is 0.290. The van der Waals surface area contributed by atoms with Gasteiger partial charge in [0.25, 0.3) is 0 Å². The van der Waals surface area contributed by atoms with Crippen LogP contribution in [-0.4, -0.2) is 5.88 Å². The van der Waals surface area contributed by atoms with Crippen molar-refractivity contribution in [2.45, 2.75) is 85.0 Å². The number of rotatable bonds is 12. The highest BCUT2D eigenvalue weighted by Gasteiger charge is 2.05. The molecule has 0 aliphatic carbocycles. The predicted molar refractivity (Wildman–Crippen MR) is 80.9 cm³/mol. The van der Waals surface area contributed by atoms with Crippen LogP contribution in [0.3, 0.4) is 0 Å². The fourth-order valence-electron chi connectivity index (χ4n) is 2.13. The molecule has 0 saturated carbocycles. The van der Waals surface area contributed by atoms with Crippen molar-refractivity contribution in [3.05, 3.63) is 0 Å². The zero-order valence-electron chi connectivity index (χ0n) is 12.3. The van der Waals surface area contributed by atoms with E-state index in [0.29, 0.717) is 0 Å². The van der Waals surface area contributed by atoms with Gasteiger partial charge < -0.3 is 0 Å². The van der Waals surface area contributed by atoms with Crippen molar-refractivity contribution in [1.82, 2.24) is 0 Å². The summed E-state index contributed by atoms with van der Waals surface area (Å²) in [5.74, 6) is 2.61. The maximum atomic E-state index is 5.65. The van der Waals surface area contributed by atoms with Gasteiger partial charge in [-0.2, -0.15) is 0 Å². The molecule has 0 heterocycles. The van der Waals surface area contributed by atoms with Gasteiger partial charge in [0.2, 0.25) is 0 Å². The van der Waals surface area contributed by atoms with Gasteiger partial charge in [-0.05, 0) is 18.3 Å². The third-order valence-corrected chi connectivity index (χ3v) is 4.20. The molecule has 0 N–H and O–H groups in total. The topological polar surface area (TPSA) is 0 Å². The van der Waals surface area contributed by atoms with Gasteiger partial charge in [-0.1, -0.05) is 78.6 Å². The van der Waals surface area contributed by atoms with Crippen molar-refractivity contribution in [2.24, 2.45) is 11.8 Å². The molecule has 0 bridgehead atoms. The lowest BCUT2D eigenvalue weighted by Crippen LogP contribution is -2.03. The summed E-state index contributed by atoms with van der Waals surface area (Å²) >= 11 is 5.65. The van der Waals surface area contributed by atoms with E-state index in [-0.39, 0.29) is 0 Å². The van der Waals surface area contributed by atoms with E-state index < -0.39 is 0 Å². The highest BCUT2D eigenvalue weighted by atomic mass is 35.5. The molecule has 17 heavy (non-hydrogen) atoms. The fourth-order valence-corrected chi connectivity index (χ4v) is 2.32. The third kappa shape index (κ3) is 12.5. The maximum Gasteiger partial charge on any atom is 0.0223 e. The van der Waals surface area contributed by atoms with Crippen LogP contribution in [0.4, 0.5) is 0 Å². The monoisotopic (exact) mass is 260 g/mol. The molecule has 104 valence electrons. The highest BCUT2D eigenvalue weighted by Crippen LogP contribution is 2.18. The van der Waals surface area contributed by atoms with Crippen LogP contribution < -0.4 is 0 Å². The Morgan fingerprint density at radius 1 is 0.647 bits per heavy atom. The van der Waals surface area contributed by atoms with Gasteiger partial charge in [-0.15, -0.1) is 11.6 Å². The summed E-state index contributed by atoms with van der Waals surface area (Å²) < 4.78 is 0. The lowest BCUT2D eigenvalue weighted by Gasteiger charge is -2.14. The quantitative estimate of drug-likeness (QED) is 0.281. The second kappa shape index (κ2) is 12.7. The molecular weight excluding hydrogens is 228 g/mol. The molecule has 1 unspecified atom stereocenters. The minimum atomic E-state index is 0.841. The van der Waals surface area contributed by atoms with Crippen molar-refractivity contribution >= 4 is 11.6 Å². The molecule has 0 aliphatic rings. The molecule has 0 radical (unpaired) electrons. The van der Waals surface area contributed by atoms with Crippen molar-refractivity contribution in [1.29, 1.82) is 0 Å². The average molecular weight is 261 g/mol. The molecule has 0 aliphatic heterocycles. The highest BCUT2D eigenvalue weighted by molar-refractivity contribution is 6.17. The average Bonchev–Trinajstić information content (AvgIpc) is 2.31. The minimum absolute atomic E-state index is 0.841. The summed E-state index contributed by atoms with van der Waals surface area (Å²) in [5.41, 5.74) is 0. The normalized spacial score (nSPS) is 13.2. The van der Waals surface area contributed by atoms with Gasteiger partial charge in [0.15, 0.2) is 0 Å². The summed E-state index contributed by atoms with van der Waals surface area (Å²) in [6.45, 7) is 7.07. The Morgan fingerprint density at radius 3 is 1.47 bits per heavy atom. The Bertz CT molecular complexity index is 142.